The maximum atomic E-state index is 11.8. The number of nitrogens with two attached hydrogens (primary N) is 1. The van der Waals surface area contributed by atoms with Gasteiger partial charge in [0, 0.05) is 6.20 Å². The minimum atomic E-state index is -1.13. The van der Waals surface area contributed by atoms with E-state index in [-0.39, 0.29) is 29.0 Å². The van der Waals surface area contributed by atoms with Gasteiger partial charge in [-0.2, -0.15) is 10.4 Å². The van der Waals surface area contributed by atoms with Crippen LogP contribution in [0.25, 0.3) is 0 Å². The third-order valence-electron chi connectivity index (χ3n) is 4.48. The molecule has 9 heteroatoms. The van der Waals surface area contributed by atoms with Crippen LogP contribution in [-0.4, -0.2) is 31.7 Å². The molecule has 0 bridgehead atoms. The van der Waals surface area contributed by atoms with Crippen molar-refractivity contribution in [1.82, 2.24) is 14.8 Å². The molecule has 0 aromatic carbocycles. The van der Waals surface area contributed by atoms with Crippen molar-refractivity contribution >= 4 is 23.4 Å². The van der Waals surface area contributed by atoms with Crippen LogP contribution >= 0.6 is 0 Å². The molecule has 1 aliphatic rings. The number of carboxylic acid groups (broad SMARTS) is 1. The monoisotopic (exact) mass is 354 g/mol. The maximum Gasteiger partial charge on any atom is 0.354 e. The lowest BCUT2D eigenvalue weighted by atomic mass is 9.85. The van der Waals surface area contributed by atoms with Crippen molar-refractivity contribution in [3.63, 3.8) is 0 Å². The lowest BCUT2D eigenvalue weighted by Gasteiger charge is -2.26. The molecule has 2 heterocycles. The zero-order chi connectivity index (χ0) is 18.7. The average Bonchev–Trinajstić information content (AvgIpc) is 3.06. The molecule has 2 aromatic rings. The summed E-state index contributed by atoms with van der Waals surface area (Å²) >= 11 is 0. The van der Waals surface area contributed by atoms with Gasteiger partial charge in [-0.1, -0.05) is 12.8 Å². The van der Waals surface area contributed by atoms with E-state index < -0.39 is 11.9 Å². The molecule has 0 aliphatic heterocycles. The number of nitrogens with zero attached hydrogens (tertiary/aromatic N) is 4. The Labute approximate surface area is 149 Å². The molecule has 4 N–H and O–H groups in total. The molecular weight excluding hydrogens is 336 g/mol. The number of anilines is 2. The van der Waals surface area contributed by atoms with E-state index in [0.717, 1.165) is 25.7 Å². The first-order chi connectivity index (χ1) is 12.5. The smallest absolute Gasteiger partial charge is 0.354 e. The molecule has 1 amide bonds. The Kier molecular flexibility index (Phi) is 4.84. The number of carbonyl (C=O) groups is 2. The number of hydrogen-bond acceptors (Lipinski definition) is 6. The van der Waals surface area contributed by atoms with Crippen molar-refractivity contribution in [2.24, 2.45) is 11.7 Å². The quantitative estimate of drug-likeness (QED) is 0.744. The van der Waals surface area contributed by atoms with Crippen molar-refractivity contribution in [3.05, 3.63) is 35.8 Å². The van der Waals surface area contributed by atoms with E-state index in [4.69, 9.17) is 10.8 Å². The van der Waals surface area contributed by atoms with Gasteiger partial charge in [-0.3, -0.25) is 9.48 Å². The van der Waals surface area contributed by atoms with Crippen molar-refractivity contribution in [3.8, 4) is 6.07 Å². The third kappa shape index (κ3) is 3.49. The lowest BCUT2D eigenvalue weighted by molar-refractivity contribution is 0.0690. The molecule has 3 rings (SSSR count). The van der Waals surface area contributed by atoms with Gasteiger partial charge in [0.2, 0.25) is 0 Å². The highest BCUT2D eigenvalue weighted by atomic mass is 16.4. The van der Waals surface area contributed by atoms with Crippen LogP contribution in [0.1, 0.15) is 52.6 Å². The van der Waals surface area contributed by atoms with E-state index in [2.05, 4.69) is 21.5 Å². The predicted octanol–water partition coefficient (Wildman–Crippen LogP) is 2.07. The number of carbonyl (C=O) groups excluding carboxylic acids is 1. The highest BCUT2D eigenvalue weighted by molar-refractivity contribution is 5.98. The number of pyridine rings is 1. The molecule has 0 radical (unpaired) electrons. The number of aromatic nitrogens is 3. The van der Waals surface area contributed by atoms with Gasteiger partial charge in [-0.05, 0) is 25.0 Å². The first-order valence-electron chi connectivity index (χ1n) is 8.24. The van der Waals surface area contributed by atoms with Gasteiger partial charge in [0.25, 0.3) is 5.91 Å². The highest BCUT2D eigenvalue weighted by Crippen LogP contribution is 2.34. The van der Waals surface area contributed by atoms with Crippen LogP contribution in [0.5, 0.6) is 0 Å². The Hall–Kier alpha value is -3.41. The summed E-state index contributed by atoms with van der Waals surface area (Å²) in [4.78, 5) is 26.5. The molecule has 26 heavy (non-hydrogen) atoms. The van der Waals surface area contributed by atoms with Crippen LogP contribution in [0.15, 0.2) is 24.5 Å². The summed E-state index contributed by atoms with van der Waals surface area (Å²) in [5.41, 5.74) is 6.04. The molecule has 2 unspecified atom stereocenters. The SMILES string of the molecule is N#CC1CCCCC1n1cc(C(N)=O)c(Nc2ccc(C(=O)O)nc2)n1. The summed E-state index contributed by atoms with van der Waals surface area (Å²) in [7, 11) is 0. The molecular formula is C17H18N6O3. The third-order valence-corrected chi connectivity index (χ3v) is 4.48. The molecule has 2 aromatic heterocycles. The van der Waals surface area contributed by atoms with Crippen molar-refractivity contribution in [2.45, 2.75) is 31.7 Å². The molecule has 9 nitrogen and oxygen atoms in total. The number of nitriles is 1. The summed E-state index contributed by atoms with van der Waals surface area (Å²) in [5, 5.41) is 25.6. The van der Waals surface area contributed by atoms with Gasteiger partial charge in [0.05, 0.1) is 29.9 Å². The van der Waals surface area contributed by atoms with Crippen LogP contribution in [-0.2, 0) is 0 Å². The van der Waals surface area contributed by atoms with Gasteiger partial charge in [0.1, 0.15) is 11.3 Å². The Morgan fingerprint density at radius 3 is 2.73 bits per heavy atom. The summed E-state index contributed by atoms with van der Waals surface area (Å²) in [5.74, 6) is -1.67. The Morgan fingerprint density at radius 2 is 2.12 bits per heavy atom. The lowest BCUT2D eigenvalue weighted by Crippen LogP contribution is -2.22. The number of amides is 1. The summed E-state index contributed by atoms with van der Waals surface area (Å²) in [6.07, 6.45) is 6.52. The highest BCUT2D eigenvalue weighted by Gasteiger charge is 2.28. The zero-order valence-corrected chi connectivity index (χ0v) is 13.9. The molecule has 0 spiro atoms. The Balaban J connectivity index is 1.89. The Bertz CT molecular complexity index is 868. The van der Waals surface area contributed by atoms with E-state index in [1.54, 1.807) is 10.9 Å². The van der Waals surface area contributed by atoms with E-state index in [1.165, 1.54) is 18.3 Å². The number of carboxylic acids is 1. The van der Waals surface area contributed by atoms with Gasteiger partial charge in [-0.15, -0.1) is 0 Å². The number of primary amides is 1. The second kappa shape index (κ2) is 7.23. The van der Waals surface area contributed by atoms with Crippen LogP contribution in [0.3, 0.4) is 0 Å². The summed E-state index contributed by atoms with van der Waals surface area (Å²) in [6, 6.07) is 5.08. The fourth-order valence-corrected chi connectivity index (χ4v) is 3.14. The van der Waals surface area contributed by atoms with Crippen LogP contribution < -0.4 is 11.1 Å². The molecule has 2 atom stereocenters. The molecule has 134 valence electrons. The summed E-state index contributed by atoms with van der Waals surface area (Å²) < 4.78 is 1.63. The van der Waals surface area contributed by atoms with Gasteiger partial charge >= 0.3 is 5.97 Å². The number of nitrogens with one attached hydrogen (secondary N) is 1. The maximum absolute atomic E-state index is 11.8. The van der Waals surface area contributed by atoms with Gasteiger partial charge in [0.15, 0.2) is 5.82 Å². The minimum Gasteiger partial charge on any atom is -0.477 e. The van der Waals surface area contributed by atoms with Gasteiger partial charge < -0.3 is 16.2 Å². The largest absolute Gasteiger partial charge is 0.477 e. The van der Waals surface area contributed by atoms with Crippen LogP contribution in [0, 0.1) is 17.2 Å². The summed E-state index contributed by atoms with van der Waals surface area (Å²) in [6.45, 7) is 0. The molecule has 0 saturated heterocycles. The fraction of sp³-hybridized carbons (Fsp3) is 0.353. The second-order valence-electron chi connectivity index (χ2n) is 6.19. The normalized spacial score (nSPS) is 19.5. The topological polar surface area (TPSA) is 147 Å². The molecule has 1 aliphatic carbocycles. The Morgan fingerprint density at radius 1 is 1.35 bits per heavy atom. The number of rotatable bonds is 5. The number of aromatic carboxylic acids is 1. The van der Waals surface area contributed by atoms with Crippen LogP contribution in [0.4, 0.5) is 11.5 Å². The average molecular weight is 354 g/mol. The molecule has 1 fully saturated rings. The first-order valence-corrected chi connectivity index (χ1v) is 8.24. The van der Waals surface area contributed by atoms with E-state index in [0.29, 0.717) is 5.69 Å². The first kappa shape index (κ1) is 17.4. The van der Waals surface area contributed by atoms with E-state index >= 15 is 0 Å². The van der Waals surface area contributed by atoms with Crippen molar-refractivity contribution in [2.75, 3.05) is 5.32 Å². The standard InChI is InChI=1S/C17H18N6O3/c18-7-10-3-1-2-4-14(10)23-9-12(15(19)24)16(22-23)21-11-5-6-13(17(25)26)20-8-11/h5-6,8-10,14H,1-4H2,(H2,19,24)(H,21,22)(H,25,26). The van der Waals surface area contributed by atoms with Crippen LogP contribution in [0.2, 0.25) is 0 Å². The zero-order valence-electron chi connectivity index (χ0n) is 13.9. The van der Waals surface area contributed by atoms with E-state index in [9.17, 15) is 14.9 Å². The predicted molar refractivity (Wildman–Crippen MR) is 91.8 cm³/mol. The van der Waals surface area contributed by atoms with Gasteiger partial charge in [-0.25, -0.2) is 9.78 Å². The van der Waals surface area contributed by atoms with E-state index in [1.807, 2.05) is 0 Å². The second-order valence-corrected chi connectivity index (χ2v) is 6.19. The number of hydrogen-bond donors (Lipinski definition) is 3. The van der Waals surface area contributed by atoms with Crippen molar-refractivity contribution < 1.29 is 14.7 Å². The van der Waals surface area contributed by atoms with Crippen molar-refractivity contribution in [1.29, 1.82) is 5.26 Å². The fourth-order valence-electron chi connectivity index (χ4n) is 3.14. The minimum absolute atomic E-state index is 0.0877. The molecule has 1 saturated carbocycles.